The quantitative estimate of drug-likeness (QED) is 0.689. The SMILES string of the molecule is Nc1ccc2c(NC3CNC(=O)C3)ccnc2c1. The highest BCUT2D eigenvalue weighted by atomic mass is 16.1. The minimum absolute atomic E-state index is 0.0927. The predicted octanol–water partition coefficient (Wildman–Crippen LogP) is 1.12. The van der Waals surface area contributed by atoms with Crippen LogP contribution in [0.25, 0.3) is 10.9 Å². The molecule has 18 heavy (non-hydrogen) atoms. The molecule has 2 aromatic rings. The van der Waals surface area contributed by atoms with Gasteiger partial charge in [0.15, 0.2) is 0 Å². The van der Waals surface area contributed by atoms with Crippen LogP contribution in [0.15, 0.2) is 30.5 Å². The summed E-state index contributed by atoms with van der Waals surface area (Å²) < 4.78 is 0. The van der Waals surface area contributed by atoms with Gasteiger partial charge in [-0.15, -0.1) is 0 Å². The highest BCUT2D eigenvalue weighted by Gasteiger charge is 2.21. The molecule has 0 saturated carbocycles. The Morgan fingerprint density at radius 3 is 3.06 bits per heavy atom. The van der Waals surface area contributed by atoms with Crippen molar-refractivity contribution in [2.45, 2.75) is 12.5 Å². The molecular weight excluding hydrogens is 228 g/mol. The van der Waals surface area contributed by atoms with Crippen LogP contribution in [0, 0.1) is 0 Å². The lowest BCUT2D eigenvalue weighted by molar-refractivity contribution is -0.119. The lowest BCUT2D eigenvalue weighted by atomic mass is 10.1. The molecule has 1 aromatic heterocycles. The van der Waals surface area contributed by atoms with E-state index < -0.39 is 0 Å². The number of pyridine rings is 1. The minimum Gasteiger partial charge on any atom is -0.399 e. The van der Waals surface area contributed by atoms with Crippen molar-refractivity contribution in [1.29, 1.82) is 0 Å². The summed E-state index contributed by atoms with van der Waals surface area (Å²) in [6.07, 6.45) is 2.26. The van der Waals surface area contributed by atoms with Crippen molar-refractivity contribution in [1.82, 2.24) is 10.3 Å². The zero-order valence-corrected chi connectivity index (χ0v) is 9.81. The number of benzene rings is 1. The first kappa shape index (κ1) is 10.8. The molecule has 1 aliphatic heterocycles. The van der Waals surface area contributed by atoms with Crippen molar-refractivity contribution in [3.8, 4) is 0 Å². The van der Waals surface area contributed by atoms with Gasteiger partial charge >= 0.3 is 0 Å². The Hall–Kier alpha value is -2.30. The first-order valence-electron chi connectivity index (χ1n) is 5.90. The number of hydrogen-bond donors (Lipinski definition) is 3. The summed E-state index contributed by atoms with van der Waals surface area (Å²) in [5, 5.41) is 7.20. The number of aromatic nitrogens is 1. The van der Waals surface area contributed by atoms with E-state index in [1.165, 1.54) is 0 Å². The average Bonchev–Trinajstić information content (AvgIpc) is 2.75. The Labute approximate surface area is 104 Å². The smallest absolute Gasteiger partial charge is 0.222 e. The molecule has 0 spiro atoms. The van der Waals surface area contributed by atoms with Crippen molar-refractivity contribution >= 4 is 28.2 Å². The number of nitrogens with two attached hydrogens (primary N) is 1. The maximum atomic E-state index is 11.2. The molecule has 0 radical (unpaired) electrons. The number of carbonyl (C=O) groups excluding carboxylic acids is 1. The summed E-state index contributed by atoms with van der Waals surface area (Å²) >= 11 is 0. The fourth-order valence-corrected chi connectivity index (χ4v) is 2.22. The molecule has 3 rings (SSSR count). The van der Waals surface area contributed by atoms with Gasteiger partial charge in [-0.25, -0.2) is 0 Å². The molecule has 4 N–H and O–H groups in total. The van der Waals surface area contributed by atoms with Gasteiger partial charge in [-0.1, -0.05) is 0 Å². The number of nitrogens with one attached hydrogen (secondary N) is 2. The van der Waals surface area contributed by atoms with Gasteiger partial charge in [-0.2, -0.15) is 0 Å². The molecule has 1 aromatic carbocycles. The lowest BCUT2D eigenvalue weighted by Gasteiger charge is -2.14. The fourth-order valence-electron chi connectivity index (χ4n) is 2.22. The van der Waals surface area contributed by atoms with Gasteiger partial charge in [-0.05, 0) is 24.3 Å². The Kier molecular flexibility index (Phi) is 2.51. The fraction of sp³-hybridized carbons (Fsp3) is 0.231. The van der Waals surface area contributed by atoms with Crippen LogP contribution in [0.3, 0.4) is 0 Å². The summed E-state index contributed by atoms with van der Waals surface area (Å²) in [5.41, 5.74) is 8.29. The van der Waals surface area contributed by atoms with E-state index in [9.17, 15) is 4.79 Å². The van der Waals surface area contributed by atoms with Crippen LogP contribution in [0.5, 0.6) is 0 Å². The van der Waals surface area contributed by atoms with Crippen molar-refractivity contribution in [3.05, 3.63) is 30.5 Å². The van der Waals surface area contributed by atoms with Crippen molar-refractivity contribution < 1.29 is 4.79 Å². The van der Waals surface area contributed by atoms with E-state index in [4.69, 9.17) is 5.73 Å². The summed E-state index contributed by atoms with van der Waals surface area (Å²) in [5.74, 6) is 0.0927. The molecule has 5 heteroatoms. The summed E-state index contributed by atoms with van der Waals surface area (Å²) in [6.45, 7) is 0.664. The number of carbonyl (C=O) groups is 1. The minimum atomic E-state index is 0.0927. The van der Waals surface area contributed by atoms with E-state index in [2.05, 4.69) is 15.6 Å². The van der Waals surface area contributed by atoms with Gasteiger partial charge in [0.2, 0.25) is 5.91 Å². The number of anilines is 2. The van der Waals surface area contributed by atoms with E-state index in [0.717, 1.165) is 16.6 Å². The predicted molar refractivity (Wildman–Crippen MR) is 71.2 cm³/mol. The van der Waals surface area contributed by atoms with Crippen LogP contribution in [0.4, 0.5) is 11.4 Å². The van der Waals surface area contributed by atoms with Crippen molar-refractivity contribution in [2.24, 2.45) is 0 Å². The van der Waals surface area contributed by atoms with Crippen LogP contribution in [0.1, 0.15) is 6.42 Å². The topological polar surface area (TPSA) is 80.0 Å². The molecule has 1 saturated heterocycles. The Bertz CT molecular complexity index is 611. The molecule has 5 nitrogen and oxygen atoms in total. The Balaban J connectivity index is 1.94. The monoisotopic (exact) mass is 242 g/mol. The third-order valence-corrected chi connectivity index (χ3v) is 3.10. The van der Waals surface area contributed by atoms with E-state index in [1.807, 2.05) is 24.3 Å². The highest BCUT2D eigenvalue weighted by molar-refractivity contribution is 5.93. The van der Waals surface area contributed by atoms with Gasteiger partial charge in [-0.3, -0.25) is 9.78 Å². The second kappa shape index (κ2) is 4.18. The van der Waals surface area contributed by atoms with E-state index >= 15 is 0 Å². The van der Waals surface area contributed by atoms with Crippen LogP contribution >= 0.6 is 0 Å². The first-order chi connectivity index (χ1) is 8.72. The first-order valence-corrected chi connectivity index (χ1v) is 5.90. The number of nitrogens with zero attached hydrogens (tertiary/aromatic N) is 1. The highest BCUT2D eigenvalue weighted by Crippen LogP contribution is 2.24. The number of nitrogen functional groups attached to an aromatic ring is 1. The number of amides is 1. The second-order valence-corrected chi connectivity index (χ2v) is 4.48. The second-order valence-electron chi connectivity index (χ2n) is 4.48. The van der Waals surface area contributed by atoms with Gasteiger partial charge in [0.05, 0.1) is 11.6 Å². The summed E-state index contributed by atoms with van der Waals surface area (Å²) in [4.78, 5) is 15.5. The number of fused-ring (bicyclic) bond motifs is 1. The normalized spacial score (nSPS) is 18.9. The molecule has 0 bridgehead atoms. The maximum Gasteiger partial charge on any atom is 0.222 e. The van der Waals surface area contributed by atoms with E-state index in [-0.39, 0.29) is 11.9 Å². The molecule has 0 aliphatic carbocycles. The number of hydrogen-bond acceptors (Lipinski definition) is 4. The lowest BCUT2D eigenvalue weighted by Crippen LogP contribution is -2.22. The third kappa shape index (κ3) is 1.95. The molecule has 2 heterocycles. The average molecular weight is 242 g/mol. The molecule has 1 aliphatic rings. The van der Waals surface area contributed by atoms with E-state index in [1.54, 1.807) is 6.20 Å². The third-order valence-electron chi connectivity index (χ3n) is 3.10. The van der Waals surface area contributed by atoms with Crippen LogP contribution in [-0.4, -0.2) is 23.5 Å². The number of rotatable bonds is 2. The maximum absolute atomic E-state index is 11.2. The largest absolute Gasteiger partial charge is 0.399 e. The summed E-state index contributed by atoms with van der Waals surface area (Å²) in [6, 6.07) is 7.71. The van der Waals surface area contributed by atoms with Crippen molar-refractivity contribution in [2.75, 3.05) is 17.6 Å². The van der Waals surface area contributed by atoms with Gasteiger partial charge in [0.25, 0.3) is 0 Å². The zero-order chi connectivity index (χ0) is 12.5. The molecule has 1 unspecified atom stereocenters. The van der Waals surface area contributed by atoms with E-state index in [0.29, 0.717) is 18.7 Å². The van der Waals surface area contributed by atoms with Crippen LogP contribution in [-0.2, 0) is 4.79 Å². The molecule has 1 fully saturated rings. The molecule has 1 atom stereocenters. The van der Waals surface area contributed by atoms with Crippen LogP contribution < -0.4 is 16.4 Å². The molecular formula is C13H14N4O. The molecule has 1 amide bonds. The van der Waals surface area contributed by atoms with Gasteiger partial charge in [0, 0.05) is 35.9 Å². The molecule has 92 valence electrons. The van der Waals surface area contributed by atoms with Gasteiger partial charge < -0.3 is 16.4 Å². The van der Waals surface area contributed by atoms with Crippen molar-refractivity contribution in [3.63, 3.8) is 0 Å². The Morgan fingerprint density at radius 1 is 1.39 bits per heavy atom. The standard InChI is InChI=1S/C13H14N4O/c14-8-1-2-10-11(3-4-15-12(10)5-8)17-9-6-13(18)16-7-9/h1-5,9H,6-7,14H2,(H,15,17)(H,16,18). The Morgan fingerprint density at radius 2 is 2.28 bits per heavy atom. The summed E-state index contributed by atoms with van der Waals surface area (Å²) in [7, 11) is 0. The zero-order valence-electron chi connectivity index (χ0n) is 9.81. The van der Waals surface area contributed by atoms with Gasteiger partial charge in [0.1, 0.15) is 0 Å². The van der Waals surface area contributed by atoms with Crippen LogP contribution in [0.2, 0.25) is 0 Å².